The SMILES string of the molecule is Nc1ccc(N2CCNCCC2=O)cn1. The van der Waals surface area contributed by atoms with E-state index in [-0.39, 0.29) is 5.91 Å². The van der Waals surface area contributed by atoms with Crippen LogP contribution in [0.2, 0.25) is 0 Å². The molecule has 3 N–H and O–H groups in total. The van der Waals surface area contributed by atoms with Crippen molar-refractivity contribution in [3.05, 3.63) is 18.3 Å². The van der Waals surface area contributed by atoms with Crippen molar-refractivity contribution >= 4 is 17.4 Å². The van der Waals surface area contributed by atoms with E-state index in [1.54, 1.807) is 17.2 Å². The number of nitrogens with one attached hydrogen (secondary N) is 1. The van der Waals surface area contributed by atoms with E-state index in [1.165, 1.54) is 0 Å². The van der Waals surface area contributed by atoms with E-state index in [1.807, 2.05) is 6.07 Å². The molecule has 0 radical (unpaired) electrons. The first-order valence-electron chi connectivity index (χ1n) is 5.00. The number of nitrogen functional groups attached to an aromatic ring is 1. The fourth-order valence-electron chi connectivity index (χ4n) is 1.60. The minimum Gasteiger partial charge on any atom is -0.384 e. The van der Waals surface area contributed by atoms with Gasteiger partial charge in [-0.05, 0) is 12.1 Å². The Hall–Kier alpha value is -1.62. The summed E-state index contributed by atoms with van der Waals surface area (Å²) in [4.78, 5) is 17.5. The van der Waals surface area contributed by atoms with Crippen LogP contribution in [0, 0.1) is 0 Å². The lowest BCUT2D eigenvalue weighted by atomic mass is 10.3. The number of anilines is 2. The quantitative estimate of drug-likeness (QED) is 0.678. The molecule has 0 aromatic carbocycles. The second-order valence-corrected chi connectivity index (χ2v) is 3.49. The van der Waals surface area contributed by atoms with Crippen molar-refractivity contribution in [3.63, 3.8) is 0 Å². The minimum absolute atomic E-state index is 0.131. The number of hydrogen-bond donors (Lipinski definition) is 2. The van der Waals surface area contributed by atoms with Crippen LogP contribution in [0.1, 0.15) is 6.42 Å². The highest BCUT2D eigenvalue weighted by atomic mass is 16.2. The number of carbonyl (C=O) groups excluding carboxylic acids is 1. The highest BCUT2D eigenvalue weighted by Gasteiger charge is 2.17. The number of pyridine rings is 1. The minimum atomic E-state index is 0.131. The maximum absolute atomic E-state index is 11.7. The molecule has 2 heterocycles. The molecule has 0 saturated carbocycles. The molecule has 1 aromatic heterocycles. The zero-order valence-electron chi connectivity index (χ0n) is 8.44. The molecular formula is C10H14N4O. The van der Waals surface area contributed by atoms with E-state index >= 15 is 0 Å². The van der Waals surface area contributed by atoms with Gasteiger partial charge in [0.15, 0.2) is 0 Å². The van der Waals surface area contributed by atoms with Crippen molar-refractivity contribution in [2.75, 3.05) is 30.3 Å². The molecule has 0 bridgehead atoms. The molecule has 0 aliphatic carbocycles. The first-order chi connectivity index (χ1) is 7.27. The van der Waals surface area contributed by atoms with Crippen LogP contribution in [0.4, 0.5) is 11.5 Å². The summed E-state index contributed by atoms with van der Waals surface area (Å²) < 4.78 is 0. The van der Waals surface area contributed by atoms with Gasteiger partial charge in [-0.3, -0.25) is 4.79 Å². The first kappa shape index (κ1) is 9.92. The molecular weight excluding hydrogens is 192 g/mol. The van der Waals surface area contributed by atoms with Gasteiger partial charge < -0.3 is 16.0 Å². The Labute approximate surface area is 88.3 Å². The van der Waals surface area contributed by atoms with Crippen molar-refractivity contribution in [1.29, 1.82) is 0 Å². The molecule has 5 nitrogen and oxygen atoms in total. The topological polar surface area (TPSA) is 71.2 Å². The maximum atomic E-state index is 11.7. The second kappa shape index (κ2) is 4.27. The number of carbonyl (C=O) groups is 1. The van der Waals surface area contributed by atoms with Gasteiger partial charge >= 0.3 is 0 Å². The van der Waals surface area contributed by atoms with E-state index in [9.17, 15) is 4.79 Å². The van der Waals surface area contributed by atoms with Gasteiger partial charge in [0.05, 0.1) is 11.9 Å². The number of hydrogen-bond acceptors (Lipinski definition) is 4. The Balaban J connectivity index is 2.20. The monoisotopic (exact) mass is 206 g/mol. The zero-order chi connectivity index (χ0) is 10.7. The summed E-state index contributed by atoms with van der Waals surface area (Å²) in [5.41, 5.74) is 6.31. The molecule has 0 atom stereocenters. The molecule has 0 spiro atoms. The van der Waals surface area contributed by atoms with E-state index in [0.29, 0.717) is 18.8 Å². The third kappa shape index (κ3) is 2.24. The normalized spacial score (nSPS) is 17.6. The number of rotatable bonds is 1. The lowest BCUT2D eigenvalue weighted by Gasteiger charge is -2.19. The van der Waals surface area contributed by atoms with Crippen molar-refractivity contribution < 1.29 is 4.79 Å². The summed E-state index contributed by atoms with van der Waals surface area (Å²) in [6.45, 7) is 2.25. The maximum Gasteiger partial charge on any atom is 0.228 e. The van der Waals surface area contributed by atoms with E-state index in [4.69, 9.17) is 5.73 Å². The van der Waals surface area contributed by atoms with Crippen LogP contribution < -0.4 is 16.0 Å². The van der Waals surface area contributed by atoms with Crippen LogP contribution in [0.25, 0.3) is 0 Å². The molecule has 5 heteroatoms. The molecule has 1 aliphatic heterocycles. The third-order valence-electron chi connectivity index (χ3n) is 2.41. The van der Waals surface area contributed by atoms with E-state index in [2.05, 4.69) is 10.3 Å². The highest BCUT2D eigenvalue weighted by Crippen LogP contribution is 2.15. The Morgan fingerprint density at radius 2 is 2.27 bits per heavy atom. The summed E-state index contributed by atoms with van der Waals surface area (Å²) in [6, 6.07) is 3.53. The average molecular weight is 206 g/mol. The van der Waals surface area contributed by atoms with Gasteiger partial charge in [0.1, 0.15) is 5.82 Å². The number of nitrogens with two attached hydrogens (primary N) is 1. The van der Waals surface area contributed by atoms with Crippen molar-refractivity contribution in [3.8, 4) is 0 Å². The Morgan fingerprint density at radius 1 is 1.40 bits per heavy atom. The highest BCUT2D eigenvalue weighted by molar-refractivity contribution is 5.93. The number of aromatic nitrogens is 1. The van der Waals surface area contributed by atoms with Crippen LogP contribution >= 0.6 is 0 Å². The van der Waals surface area contributed by atoms with Crippen molar-refractivity contribution in [2.24, 2.45) is 0 Å². The van der Waals surface area contributed by atoms with Gasteiger partial charge in [0.25, 0.3) is 0 Å². The summed E-state index contributed by atoms with van der Waals surface area (Å²) >= 11 is 0. The fraction of sp³-hybridized carbons (Fsp3) is 0.400. The van der Waals surface area contributed by atoms with Crippen LogP contribution in [-0.4, -0.2) is 30.5 Å². The van der Waals surface area contributed by atoms with Crippen LogP contribution in [-0.2, 0) is 4.79 Å². The average Bonchev–Trinajstić information content (AvgIpc) is 2.44. The molecule has 1 saturated heterocycles. The molecule has 1 fully saturated rings. The number of nitrogens with zero attached hydrogens (tertiary/aromatic N) is 2. The third-order valence-corrected chi connectivity index (χ3v) is 2.41. The smallest absolute Gasteiger partial charge is 0.228 e. The van der Waals surface area contributed by atoms with Gasteiger partial charge in [-0.15, -0.1) is 0 Å². The molecule has 15 heavy (non-hydrogen) atoms. The van der Waals surface area contributed by atoms with Crippen LogP contribution in [0.15, 0.2) is 18.3 Å². The zero-order valence-corrected chi connectivity index (χ0v) is 8.44. The summed E-state index contributed by atoms with van der Waals surface area (Å²) in [5.74, 6) is 0.603. The van der Waals surface area contributed by atoms with Crippen LogP contribution in [0.5, 0.6) is 0 Å². The molecule has 80 valence electrons. The van der Waals surface area contributed by atoms with Gasteiger partial charge in [-0.1, -0.05) is 0 Å². The number of amides is 1. The predicted octanol–water partition coefficient (Wildman–Crippen LogP) is -0.00990. The first-order valence-corrected chi connectivity index (χ1v) is 5.00. The predicted molar refractivity (Wildman–Crippen MR) is 58.5 cm³/mol. The second-order valence-electron chi connectivity index (χ2n) is 3.49. The lowest BCUT2D eigenvalue weighted by molar-refractivity contribution is -0.118. The fourth-order valence-corrected chi connectivity index (χ4v) is 1.60. The van der Waals surface area contributed by atoms with E-state index < -0.39 is 0 Å². The summed E-state index contributed by atoms with van der Waals surface area (Å²) in [5, 5.41) is 3.18. The largest absolute Gasteiger partial charge is 0.384 e. The Bertz CT molecular complexity index is 349. The van der Waals surface area contributed by atoms with Gasteiger partial charge in [-0.25, -0.2) is 4.98 Å². The van der Waals surface area contributed by atoms with Crippen LogP contribution in [0.3, 0.4) is 0 Å². The standard InChI is InChI=1S/C10H14N4O/c11-9-2-1-8(7-13-9)14-6-5-12-4-3-10(14)15/h1-2,7,12H,3-6H2,(H2,11,13). The molecule has 1 amide bonds. The molecule has 2 rings (SSSR count). The van der Waals surface area contributed by atoms with Gasteiger partial charge in [-0.2, -0.15) is 0 Å². The molecule has 0 unspecified atom stereocenters. The Morgan fingerprint density at radius 3 is 3.00 bits per heavy atom. The summed E-state index contributed by atoms with van der Waals surface area (Å²) in [6.07, 6.45) is 2.17. The summed E-state index contributed by atoms with van der Waals surface area (Å²) in [7, 11) is 0. The van der Waals surface area contributed by atoms with Crippen molar-refractivity contribution in [2.45, 2.75) is 6.42 Å². The van der Waals surface area contributed by atoms with Crippen molar-refractivity contribution in [1.82, 2.24) is 10.3 Å². The Kier molecular flexibility index (Phi) is 2.82. The van der Waals surface area contributed by atoms with Gasteiger partial charge in [0.2, 0.25) is 5.91 Å². The molecule has 1 aromatic rings. The van der Waals surface area contributed by atoms with Gasteiger partial charge in [0, 0.05) is 26.1 Å². The lowest BCUT2D eigenvalue weighted by Crippen LogP contribution is -2.32. The molecule has 1 aliphatic rings. The van der Waals surface area contributed by atoms with E-state index in [0.717, 1.165) is 18.8 Å².